The largest absolute Gasteiger partial charge is 0.355 e. The molecule has 0 aliphatic heterocycles. The minimum Gasteiger partial charge on any atom is -0.245 e. The molecule has 9 nitrogen and oxygen atoms in total. The first-order chi connectivity index (χ1) is 11.4. The van der Waals surface area contributed by atoms with Crippen molar-refractivity contribution in [2.45, 2.75) is 19.2 Å². The van der Waals surface area contributed by atoms with Crippen molar-refractivity contribution in [1.29, 1.82) is 0 Å². The second-order valence-electron chi connectivity index (χ2n) is 5.17. The Morgan fingerprint density at radius 2 is 1.88 bits per heavy atom. The Labute approximate surface area is 142 Å². The Morgan fingerprint density at radius 1 is 1.24 bits per heavy atom. The van der Waals surface area contributed by atoms with Crippen LogP contribution in [0, 0.1) is 6.92 Å². The molecule has 1 aromatic heterocycles. The monoisotopic (exact) mass is 396 g/mol. The Hall–Kier alpha value is -2.12. The zero-order valence-electron chi connectivity index (χ0n) is 13.0. The Kier molecular flexibility index (Phi) is 5.11. The standard InChI is InChI=1S/C12H14F2N4O5S2/c1-8-15-18(12(19)17(8)11(13)14)10-5-3-4-9(6-10)7-25(22,23)16-24(2,20)21/h3-6,11,16H,7H2,1-2H3. The molecule has 0 bridgehead atoms. The molecule has 0 aliphatic rings. The number of aromatic nitrogens is 3. The predicted molar refractivity (Wildman–Crippen MR) is 84.4 cm³/mol. The lowest BCUT2D eigenvalue weighted by Crippen LogP contribution is -2.30. The molecule has 138 valence electrons. The van der Waals surface area contributed by atoms with Gasteiger partial charge in [-0.3, -0.25) is 0 Å². The van der Waals surface area contributed by atoms with Crippen LogP contribution in [0.25, 0.3) is 5.69 Å². The first-order valence-corrected chi connectivity index (χ1v) is 10.2. The molecule has 0 atom stereocenters. The van der Waals surface area contributed by atoms with E-state index in [9.17, 15) is 30.4 Å². The molecule has 0 aliphatic carbocycles. The van der Waals surface area contributed by atoms with Crippen molar-refractivity contribution >= 4 is 20.0 Å². The van der Waals surface area contributed by atoms with Crippen molar-refractivity contribution in [1.82, 2.24) is 18.5 Å². The maximum atomic E-state index is 12.8. The number of nitrogens with zero attached hydrogens (tertiary/aromatic N) is 3. The van der Waals surface area contributed by atoms with Crippen LogP contribution in [0.4, 0.5) is 8.78 Å². The minimum absolute atomic E-state index is 0.0690. The van der Waals surface area contributed by atoms with Crippen LogP contribution in [-0.4, -0.2) is 37.4 Å². The SMILES string of the molecule is Cc1nn(-c2cccc(CS(=O)(=O)NS(C)(=O)=O)c2)c(=O)n1C(F)F. The highest BCUT2D eigenvalue weighted by Crippen LogP contribution is 2.14. The highest BCUT2D eigenvalue weighted by Gasteiger charge is 2.20. The van der Waals surface area contributed by atoms with E-state index in [4.69, 9.17) is 0 Å². The van der Waals surface area contributed by atoms with Gasteiger partial charge in [0.2, 0.25) is 20.0 Å². The quantitative estimate of drug-likeness (QED) is 0.740. The van der Waals surface area contributed by atoms with Crippen molar-refractivity contribution in [3.8, 4) is 5.69 Å². The first kappa shape index (κ1) is 19.2. The van der Waals surface area contributed by atoms with Crippen LogP contribution in [0.3, 0.4) is 0 Å². The number of nitrogens with one attached hydrogen (secondary N) is 1. The fraction of sp³-hybridized carbons (Fsp3) is 0.333. The topological polar surface area (TPSA) is 120 Å². The number of hydrogen-bond acceptors (Lipinski definition) is 6. The van der Waals surface area contributed by atoms with Gasteiger partial charge in [-0.25, -0.2) is 26.2 Å². The second kappa shape index (κ2) is 6.65. The minimum atomic E-state index is -4.19. The average molecular weight is 396 g/mol. The van der Waals surface area contributed by atoms with Gasteiger partial charge in [0.15, 0.2) is 0 Å². The fourth-order valence-electron chi connectivity index (χ4n) is 2.13. The number of halogens is 2. The predicted octanol–water partition coefficient (Wildman–Crippen LogP) is 0.117. The highest BCUT2D eigenvalue weighted by atomic mass is 32.3. The van der Waals surface area contributed by atoms with E-state index < -0.39 is 38.0 Å². The van der Waals surface area contributed by atoms with Crippen LogP contribution in [0.2, 0.25) is 0 Å². The lowest BCUT2D eigenvalue weighted by atomic mass is 10.2. The van der Waals surface area contributed by atoms with Gasteiger partial charge in [-0.2, -0.15) is 18.6 Å². The Bertz CT molecular complexity index is 1060. The van der Waals surface area contributed by atoms with Crippen LogP contribution < -0.4 is 9.82 Å². The van der Waals surface area contributed by atoms with E-state index in [2.05, 4.69) is 5.10 Å². The summed E-state index contributed by atoms with van der Waals surface area (Å²) in [4.78, 5) is 12.0. The summed E-state index contributed by atoms with van der Waals surface area (Å²) in [5, 5.41) is 3.72. The molecular weight excluding hydrogens is 382 g/mol. The van der Waals surface area contributed by atoms with Crippen LogP contribution in [0.5, 0.6) is 0 Å². The summed E-state index contributed by atoms with van der Waals surface area (Å²) in [5.74, 6) is -0.895. The molecule has 1 aromatic carbocycles. The summed E-state index contributed by atoms with van der Waals surface area (Å²) in [5.41, 5.74) is -0.869. The van der Waals surface area contributed by atoms with Gasteiger partial charge in [0.05, 0.1) is 17.7 Å². The Balaban J connectivity index is 2.41. The normalized spacial score (nSPS) is 12.7. The average Bonchev–Trinajstić information content (AvgIpc) is 2.70. The third-order valence-corrected chi connectivity index (χ3v) is 5.91. The van der Waals surface area contributed by atoms with Gasteiger partial charge in [-0.1, -0.05) is 12.1 Å². The molecule has 0 radical (unpaired) electrons. The molecule has 2 aromatic rings. The third kappa shape index (κ3) is 4.70. The van der Waals surface area contributed by atoms with Gasteiger partial charge < -0.3 is 0 Å². The lowest BCUT2D eigenvalue weighted by molar-refractivity contribution is 0.0640. The summed E-state index contributed by atoms with van der Waals surface area (Å²) in [7, 11) is -8.16. The molecule has 0 saturated carbocycles. The molecule has 0 fully saturated rings. The summed E-state index contributed by atoms with van der Waals surface area (Å²) in [6.45, 7) is -1.84. The summed E-state index contributed by atoms with van der Waals surface area (Å²) in [6, 6.07) is 5.39. The summed E-state index contributed by atoms with van der Waals surface area (Å²) >= 11 is 0. The van der Waals surface area contributed by atoms with Gasteiger partial charge in [0.25, 0.3) is 0 Å². The molecule has 0 saturated heterocycles. The number of alkyl halides is 2. The van der Waals surface area contributed by atoms with Gasteiger partial charge in [0, 0.05) is 0 Å². The van der Waals surface area contributed by atoms with Gasteiger partial charge in [0.1, 0.15) is 5.82 Å². The van der Waals surface area contributed by atoms with E-state index in [1.807, 2.05) is 0 Å². The number of rotatable bonds is 6. The maximum absolute atomic E-state index is 12.8. The van der Waals surface area contributed by atoms with E-state index in [1.165, 1.54) is 35.3 Å². The molecular formula is C12H14F2N4O5S2. The van der Waals surface area contributed by atoms with Crippen molar-refractivity contribution in [2.75, 3.05) is 6.26 Å². The smallest absolute Gasteiger partial charge is 0.245 e. The molecule has 0 amide bonds. The molecule has 1 heterocycles. The van der Waals surface area contributed by atoms with E-state index >= 15 is 0 Å². The highest BCUT2D eigenvalue weighted by molar-refractivity contribution is 8.04. The van der Waals surface area contributed by atoms with Crippen LogP contribution in [-0.2, 0) is 25.8 Å². The van der Waals surface area contributed by atoms with Gasteiger partial charge in [-0.15, -0.1) is 4.13 Å². The number of hydrogen-bond donors (Lipinski definition) is 1. The maximum Gasteiger partial charge on any atom is 0.355 e. The van der Waals surface area contributed by atoms with Crippen molar-refractivity contribution < 1.29 is 25.6 Å². The fourth-order valence-corrected chi connectivity index (χ4v) is 4.83. The molecule has 25 heavy (non-hydrogen) atoms. The van der Waals surface area contributed by atoms with Crippen LogP contribution in [0.1, 0.15) is 17.9 Å². The van der Waals surface area contributed by atoms with Crippen molar-refractivity contribution in [3.05, 3.63) is 46.1 Å². The number of sulfonamides is 2. The molecule has 1 N–H and O–H groups in total. The molecule has 2 rings (SSSR count). The lowest BCUT2D eigenvalue weighted by Gasteiger charge is -2.06. The van der Waals surface area contributed by atoms with Crippen LogP contribution >= 0.6 is 0 Å². The van der Waals surface area contributed by atoms with Gasteiger partial charge in [-0.05, 0) is 24.6 Å². The van der Waals surface area contributed by atoms with E-state index in [1.54, 1.807) is 0 Å². The summed E-state index contributed by atoms with van der Waals surface area (Å²) in [6.07, 6.45) is 0.695. The first-order valence-electron chi connectivity index (χ1n) is 6.66. The summed E-state index contributed by atoms with van der Waals surface area (Å²) < 4.78 is 73.8. The van der Waals surface area contributed by atoms with Crippen LogP contribution in [0.15, 0.2) is 29.1 Å². The molecule has 13 heteroatoms. The second-order valence-corrected chi connectivity index (χ2v) is 8.90. The van der Waals surface area contributed by atoms with E-state index in [0.717, 1.165) is 0 Å². The Morgan fingerprint density at radius 3 is 2.40 bits per heavy atom. The van der Waals surface area contributed by atoms with Crippen molar-refractivity contribution in [2.24, 2.45) is 0 Å². The molecule has 0 spiro atoms. The number of aryl methyl sites for hydroxylation is 1. The zero-order chi connectivity index (χ0) is 19.0. The zero-order valence-corrected chi connectivity index (χ0v) is 14.7. The third-order valence-electron chi connectivity index (χ3n) is 2.97. The van der Waals surface area contributed by atoms with Crippen molar-refractivity contribution in [3.63, 3.8) is 0 Å². The van der Waals surface area contributed by atoms with Gasteiger partial charge >= 0.3 is 12.2 Å². The van der Waals surface area contributed by atoms with E-state index in [0.29, 0.717) is 10.9 Å². The number of benzene rings is 1. The molecule has 0 unspecified atom stereocenters. The van der Waals surface area contributed by atoms with E-state index in [-0.39, 0.29) is 21.6 Å².